The first kappa shape index (κ1) is 10.2. The number of aliphatic hydroxyl groups is 1. The fourth-order valence-electron chi connectivity index (χ4n) is 1.75. The molecule has 0 saturated carbocycles. The minimum atomic E-state index is -0.537. The number of aliphatic hydroxyl groups excluding tert-OH is 1. The molecule has 1 heterocycles. The lowest BCUT2D eigenvalue weighted by Gasteiger charge is -2.07. The Morgan fingerprint density at radius 1 is 1.67 bits per heavy atom. The van der Waals surface area contributed by atoms with Crippen LogP contribution in [0.5, 0.6) is 0 Å². The molecule has 1 aliphatic carbocycles. The van der Waals surface area contributed by atoms with E-state index >= 15 is 0 Å². The molecule has 3 nitrogen and oxygen atoms in total. The topological polar surface area (TPSA) is 46.5 Å². The number of esters is 1. The molecule has 80 valence electrons. The molecule has 0 aromatic carbocycles. The number of rotatable bonds is 2. The van der Waals surface area contributed by atoms with E-state index in [1.807, 2.05) is 13.0 Å². The van der Waals surface area contributed by atoms with Crippen molar-refractivity contribution in [1.82, 2.24) is 0 Å². The summed E-state index contributed by atoms with van der Waals surface area (Å²) >= 11 is 0. The summed E-state index contributed by atoms with van der Waals surface area (Å²) in [7, 11) is 0. The van der Waals surface area contributed by atoms with Crippen LogP contribution in [0.3, 0.4) is 0 Å². The van der Waals surface area contributed by atoms with E-state index in [1.54, 1.807) is 12.2 Å². The van der Waals surface area contributed by atoms with Gasteiger partial charge in [0.1, 0.15) is 5.76 Å². The van der Waals surface area contributed by atoms with E-state index in [2.05, 4.69) is 0 Å². The third kappa shape index (κ3) is 1.88. The molecule has 0 radical (unpaired) electrons. The number of carbonyl (C=O) groups is 1. The Morgan fingerprint density at radius 3 is 3.20 bits per heavy atom. The van der Waals surface area contributed by atoms with Crippen molar-refractivity contribution in [2.45, 2.75) is 32.3 Å². The third-order valence-corrected chi connectivity index (χ3v) is 2.65. The first-order valence-corrected chi connectivity index (χ1v) is 5.24. The standard InChI is InChI=1S/C12H14O3/c1-2-8(13)7-11-9-5-3-4-6-10(9)12(14)15-11/h4,6-8,13H,2-3,5H2,1H3/b11-7-/t8-/m1/s1. The van der Waals surface area contributed by atoms with Gasteiger partial charge in [0.05, 0.1) is 11.7 Å². The third-order valence-electron chi connectivity index (χ3n) is 2.65. The highest BCUT2D eigenvalue weighted by Crippen LogP contribution is 2.33. The van der Waals surface area contributed by atoms with Gasteiger partial charge in [0.2, 0.25) is 0 Å². The van der Waals surface area contributed by atoms with Crippen LogP contribution in [0.4, 0.5) is 0 Å². The van der Waals surface area contributed by atoms with Crippen molar-refractivity contribution in [2.75, 3.05) is 0 Å². The molecule has 0 aromatic rings. The van der Waals surface area contributed by atoms with Gasteiger partial charge in [-0.15, -0.1) is 0 Å². The predicted octanol–water partition coefficient (Wildman–Crippen LogP) is 1.84. The Balaban J connectivity index is 2.30. The predicted molar refractivity (Wildman–Crippen MR) is 55.9 cm³/mol. The number of allylic oxidation sites excluding steroid dienone is 2. The SMILES string of the molecule is CC[C@@H](O)/C=C1\OC(=O)C2=C1CCC=C2. The van der Waals surface area contributed by atoms with Gasteiger partial charge < -0.3 is 9.84 Å². The van der Waals surface area contributed by atoms with E-state index in [0.717, 1.165) is 18.4 Å². The zero-order valence-corrected chi connectivity index (χ0v) is 8.69. The molecule has 0 bridgehead atoms. The Hall–Kier alpha value is -1.35. The Morgan fingerprint density at radius 2 is 2.47 bits per heavy atom. The molecule has 0 fully saturated rings. The molecule has 0 aromatic heterocycles. The molecule has 0 saturated heterocycles. The van der Waals surface area contributed by atoms with Crippen LogP contribution in [0, 0.1) is 0 Å². The number of ether oxygens (including phenoxy) is 1. The lowest BCUT2D eigenvalue weighted by molar-refractivity contribution is -0.132. The van der Waals surface area contributed by atoms with E-state index in [0.29, 0.717) is 17.8 Å². The molecular formula is C12H14O3. The molecule has 15 heavy (non-hydrogen) atoms. The monoisotopic (exact) mass is 206 g/mol. The van der Waals surface area contributed by atoms with Gasteiger partial charge in [0.25, 0.3) is 0 Å². The molecule has 1 atom stereocenters. The normalized spacial score (nSPS) is 24.4. The molecule has 0 amide bonds. The lowest BCUT2D eigenvalue weighted by atomic mass is 9.97. The first-order valence-electron chi connectivity index (χ1n) is 5.24. The molecule has 2 aliphatic rings. The minimum Gasteiger partial charge on any atom is -0.423 e. The Kier molecular flexibility index (Phi) is 2.73. The highest BCUT2D eigenvalue weighted by molar-refractivity contribution is 5.97. The van der Waals surface area contributed by atoms with Crippen LogP contribution in [0.2, 0.25) is 0 Å². The zero-order chi connectivity index (χ0) is 10.8. The smallest absolute Gasteiger partial charge is 0.343 e. The summed E-state index contributed by atoms with van der Waals surface area (Å²) in [6.07, 6.45) is 7.23. The van der Waals surface area contributed by atoms with Crippen molar-refractivity contribution in [2.24, 2.45) is 0 Å². The second-order valence-electron chi connectivity index (χ2n) is 3.73. The summed E-state index contributed by atoms with van der Waals surface area (Å²) < 4.78 is 5.12. The van der Waals surface area contributed by atoms with Crippen molar-refractivity contribution in [3.8, 4) is 0 Å². The van der Waals surface area contributed by atoms with Crippen LogP contribution in [0.25, 0.3) is 0 Å². The van der Waals surface area contributed by atoms with E-state index < -0.39 is 6.10 Å². The minimum absolute atomic E-state index is 0.296. The molecule has 0 unspecified atom stereocenters. The summed E-state index contributed by atoms with van der Waals surface area (Å²) in [6, 6.07) is 0. The van der Waals surface area contributed by atoms with Crippen molar-refractivity contribution >= 4 is 5.97 Å². The summed E-state index contributed by atoms with van der Waals surface area (Å²) in [5.74, 6) is 0.254. The number of hydrogen-bond acceptors (Lipinski definition) is 3. The van der Waals surface area contributed by atoms with E-state index in [-0.39, 0.29) is 5.97 Å². The molecule has 1 N–H and O–H groups in total. The van der Waals surface area contributed by atoms with Gasteiger partial charge in [-0.2, -0.15) is 0 Å². The average Bonchev–Trinajstić information content (AvgIpc) is 2.57. The van der Waals surface area contributed by atoms with Gasteiger partial charge in [-0.1, -0.05) is 19.1 Å². The van der Waals surface area contributed by atoms with Crippen molar-refractivity contribution < 1.29 is 14.6 Å². The summed E-state index contributed by atoms with van der Waals surface area (Å²) in [5.41, 5.74) is 1.59. The van der Waals surface area contributed by atoms with Crippen LogP contribution in [0.15, 0.2) is 35.1 Å². The number of cyclic esters (lactones) is 1. The van der Waals surface area contributed by atoms with Crippen molar-refractivity contribution in [3.63, 3.8) is 0 Å². The maximum atomic E-state index is 11.4. The Labute approximate surface area is 88.7 Å². The first-order chi connectivity index (χ1) is 7.22. The molecule has 3 heteroatoms. The fraction of sp³-hybridized carbons (Fsp3) is 0.417. The number of carbonyl (C=O) groups excluding carboxylic acids is 1. The fourth-order valence-corrected chi connectivity index (χ4v) is 1.75. The van der Waals surface area contributed by atoms with Crippen molar-refractivity contribution in [3.05, 3.63) is 35.1 Å². The highest BCUT2D eigenvalue weighted by atomic mass is 16.5. The number of hydrogen-bond donors (Lipinski definition) is 1. The van der Waals surface area contributed by atoms with Gasteiger partial charge in [0.15, 0.2) is 0 Å². The molecule has 1 aliphatic heterocycles. The van der Waals surface area contributed by atoms with Crippen LogP contribution in [0.1, 0.15) is 26.2 Å². The molecule has 2 rings (SSSR count). The largest absolute Gasteiger partial charge is 0.423 e. The molecule has 0 spiro atoms. The Bertz CT molecular complexity index is 374. The maximum absolute atomic E-state index is 11.4. The maximum Gasteiger partial charge on any atom is 0.343 e. The summed E-state index contributed by atoms with van der Waals surface area (Å²) in [5, 5.41) is 9.49. The second-order valence-corrected chi connectivity index (χ2v) is 3.73. The van der Waals surface area contributed by atoms with E-state index in [1.165, 1.54) is 0 Å². The highest BCUT2D eigenvalue weighted by Gasteiger charge is 2.29. The summed E-state index contributed by atoms with van der Waals surface area (Å²) in [6.45, 7) is 1.88. The average molecular weight is 206 g/mol. The quantitative estimate of drug-likeness (QED) is 0.701. The van der Waals surface area contributed by atoms with Gasteiger partial charge in [-0.25, -0.2) is 4.79 Å². The van der Waals surface area contributed by atoms with Crippen LogP contribution in [-0.4, -0.2) is 17.2 Å². The van der Waals surface area contributed by atoms with Crippen LogP contribution < -0.4 is 0 Å². The second kappa shape index (κ2) is 4.03. The van der Waals surface area contributed by atoms with Gasteiger partial charge in [-0.3, -0.25) is 0 Å². The van der Waals surface area contributed by atoms with Crippen LogP contribution in [-0.2, 0) is 9.53 Å². The van der Waals surface area contributed by atoms with Crippen LogP contribution >= 0.6 is 0 Å². The van der Waals surface area contributed by atoms with Gasteiger partial charge in [0, 0.05) is 5.57 Å². The molecular weight excluding hydrogens is 192 g/mol. The van der Waals surface area contributed by atoms with Gasteiger partial charge in [-0.05, 0) is 25.3 Å². The van der Waals surface area contributed by atoms with Crippen molar-refractivity contribution in [1.29, 1.82) is 0 Å². The zero-order valence-electron chi connectivity index (χ0n) is 8.69. The van der Waals surface area contributed by atoms with Gasteiger partial charge >= 0.3 is 5.97 Å². The lowest BCUT2D eigenvalue weighted by Crippen LogP contribution is -2.02. The van der Waals surface area contributed by atoms with E-state index in [4.69, 9.17) is 4.74 Å². The van der Waals surface area contributed by atoms with E-state index in [9.17, 15) is 9.90 Å². The summed E-state index contributed by atoms with van der Waals surface area (Å²) in [4.78, 5) is 11.4.